The van der Waals surface area contributed by atoms with Crippen molar-refractivity contribution in [3.63, 3.8) is 0 Å². The van der Waals surface area contributed by atoms with E-state index in [-0.39, 0.29) is 53.2 Å². The van der Waals surface area contributed by atoms with Crippen LogP contribution in [-0.4, -0.2) is 72.7 Å². The molecule has 1 aromatic carbocycles. The molecule has 0 radical (unpaired) electrons. The standard InChI is InChI=1S/C21H28FN3O5/c1-12-9-25(10-13(2)29-12)19-14(11-26)8-16-18(23-30-20(16)17(19)22)21(27)24-6-4-15(28-3)5-7-24/h8,12-13,15,26H,4-7,9-11H2,1-3H3. The van der Waals surface area contributed by atoms with Crippen LogP contribution in [0.1, 0.15) is 42.7 Å². The van der Waals surface area contributed by atoms with Gasteiger partial charge in [-0.05, 0) is 32.8 Å². The van der Waals surface area contributed by atoms with Crippen LogP contribution in [0.2, 0.25) is 0 Å². The lowest BCUT2D eigenvalue weighted by molar-refractivity contribution is -0.00550. The minimum atomic E-state index is -0.609. The van der Waals surface area contributed by atoms with Gasteiger partial charge in [-0.3, -0.25) is 4.79 Å². The molecule has 2 unspecified atom stereocenters. The van der Waals surface area contributed by atoms with Crippen molar-refractivity contribution in [3.8, 4) is 0 Å². The molecule has 2 aliphatic heterocycles. The maximum Gasteiger partial charge on any atom is 0.276 e. The number of rotatable bonds is 4. The third-order valence-corrected chi connectivity index (χ3v) is 5.93. The fourth-order valence-corrected chi connectivity index (χ4v) is 4.50. The molecule has 8 nitrogen and oxygen atoms in total. The number of carbonyl (C=O) groups is 1. The summed E-state index contributed by atoms with van der Waals surface area (Å²) in [6, 6.07) is 1.62. The predicted octanol–water partition coefficient (Wildman–Crippen LogP) is 2.32. The van der Waals surface area contributed by atoms with Crippen LogP contribution in [0.25, 0.3) is 11.0 Å². The van der Waals surface area contributed by atoms with Gasteiger partial charge in [0.15, 0.2) is 11.5 Å². The van der Waals surface area contributed by atoms with Crippen molar-refractivity contribution in [1.29, 1.82) is 0 Å². The highest BCUT2D eigenvalue weighted by molar-refractivity contribution is 6.05. The Kier molecular flexibility index (Phi) is 5.95. The summed E-state index contributed by atoms with van der Waals surface area (Å²) in [5.74, 6) is -0.907. The Balaban J connectivity index is 1.68. The number of anilines is 1. The number of halogens is 1. The van der Waals surface area contributed by atoms with Gasteiger partial charge in [-0.1, -0.05) is 5.16 Å². The largest absolute Gasteiger partial charge is 0.392 e. The van der Waals surface area contributed by atoms with Gasteiger partial charge in [0, 0.05) is 38.9 Å². The van der Waals surface area contributed by atoms with Crippen molar-refractivity contribution in [1.82, 2.24) is 10.1 Å². The van der Waals surface area contributed by atoms with Crippen molar-refractivity contribution in [2.24, 2.45) is 0 Å². The predicted molar refractivity (Wildman–Crippen MR) is 108 cm³/mol. The van der Waals surface area contributed by atoms with Crippen molar-refractivity contribution in [2.45, 2.75) is 51.6 Å². The molecule has 1 amide bonds. The number of hydrogen-bond acceptors (Lipinski definition) is 7. The van der Waals surface area contributed by atoms with E-state index < -0.39 is 5.82 Å². The zero-order valence-corrected chi connectivity index (χ0v) is 17.6. The molecule has 0 aliphatic carbocycles. The van der Waals surface area contributed by atoms with Crippen molar-refractivity contribution >= 4 is 22.6 Å². The molecule has 30 heavy (non-hydrogen) atoms. The van der Waals surface area contributed by atoms with Crippen LogP contribution in [0.5, 0.6) is 0 Å². The summed E-state index contributed by atoms with van der Waals surface area (Å²) in [7, 11) is 1.67. The van der Waals surface area contributed by atoms with Crippen molar-refractivity contribution in [3.05, 3.63) is 23.1 Å². The number of amides is 1. The van der Waals surface area contributed by atoms with Gasteiger partial charge in [-0.2, -0.15) is 0 Å². The van der Waals surface area contributed by atoms with Crippen LogP contribution in [-0.2, 0) is 16.1 Å². The van der Waals surface area contributed by atoms with E-state index in [2.05, 4.69) is 5.16 Å². The number of aliphatic hydroxyl groups is 1. The van der Waals surface area contributed by atoms with Crippen LogP contribution in [0.4, 0.5) is 10.1 Å². The number of nitrogens with zero attached hydrogens (tertiary/aromatic N) is 3. The summed E-state index contributed by atoms with van der Waals surface area (Å²) in [6.45, 7) is 5.57. The maximum atomic E-state index is 15.5. The average molecular weight is 421 g/mol. The van der Waals surface area contributed by atoms with Gasteiger partial charge in [-0.25, -0.2) is 4.39 Å². The number of ether oxygens (including phenoxy) is 2. The number of morpholine rings is 1. The highest BCUT2D eigenvalue weighted by atomic mass is 19.1. The molecule has 1 N–H and O–H groups in total. The molecule has 4 rings (SSSR count). The molecule has 2 saturated heterocycles. The number of fused-ring (bicyclic) bond motifs is 1. The quantitative estimate of drug-likeness (QED) is 0.811. The zero-order chi connectivity index (χ0) is 21.4. The number of methoxy groups -OCH3 is 1. The van der Waals surface area contributed by atoms with Gasteiger partial charge in [-0.15, -0.1) is 0 Å². The minimum absolute atomic E-state index is 0.0656. The number of aliphatic hydroxyl groups excluding tert-OH is 1. The lowest BCUT2D eigenvalue weighted by Gasteiger charge is -2.37. The fourth-order valence-electron chi connectivity index (χ4n) is 4.50. The summed E-state index contributed by atoms with van der Waals surface area (Å²) in [5.41, 5.74) is 0.688. The lowest BCUT2D eigenvalue weighted by Crippen LogP contribution is -2.46. The third-order valence-electron chi connectivity index (χ3n) is 5.93. The zero-order valence-electron chi connectivity index (χ0n) is 17.6. The molecular weight excluding hydrogens is 393 g/mol. The van der Waals surface area contributed by atoms with Crippen LogP contribution >= 0.6 is 0 Å². The Bertz CT molecular complexity index is 915. The number of piperidine rings is 1. The molecule has 0 spiro atoms. The van der Waals surface area contributed by atoms with Crippen LogP contribution in [0.3, 0.4) is 0 Å². The molecule has 0 bridgehead atoms. The first-order valence-corrected chi connectivity index (χ1v) is 10.4. The molecule has 1 aromatic heterocycles. The molecule has 2 atom stereocenters. The second kappa shape index (κ2) is 8.49. The second-order valence-corrected chi connectivity index (χ2v) is 8.15. The monoisotopic (exact) mass is 421 g/mol. The number of benzene rings is 1. The molecule has 164 valence electrons. The second-order valence-electron chi connectivity index (χ2n) is 8.15. The van der Waals surface area contributed by atoms with Gasteiger partial charge in [0.1, 0.15) is 0 Å². The van der Waals surface area contributed by atoms with Gasteiger partial charge in [0.25, 0.3) is 5.91 Å². The van der Waals surface area contributed by atoms with Gasteiger partial charge in [0.2, 0.25) is 5.58 Å². The van der Waals surface area contributed by atoms with Crippen molar-refractivity contribution in [2.75, 3.05) is 38.2 Å². The molecule has 2 aliphatic rings. The van der Waals surface area contributed by atoms with E-state index in [1.54, 1.807) is 18.1 Å². The normalized spacial score (nSPS) is 23.4. The highest BCUT2D eigenvalue weighted by Gasteiger charge is 2.32. The van der Waals surface area contributed by atoms with Gasteiger partial charge in [0.05, 0.1) is 36.0 Å². The highest BCUT2D eigenvalue weighted by Crippen LogP contribution is 2.35. The Hall–Kier alpha value is -2.23. The Labute approximate surface area is 174 Å². The van der Waals surface area contributed by atoms with E-state index in [1.165, 1.54) is 0 Å². The minimum Gasteiger partial charge on any atom is -0.392 e. The summed E-state index contributed by atoms with van der Waals surface area (Å²) in [6.07, 6.45) is 1.48. The van der Waals surface area contributed by atoms with Crippen LogP contribution < -0.4 is 4.90 Å². The summed E-state index contributed by atoms with van der Waals surface area (Å²) < 4.78 is 31.9. The van der Waals surface area contributed by atoms with Crippen LogP contribution in [0, 0.1) is 5.82 Å². The van der Waals surface area contributed by atoms with E-state index in [0.717, 1.165) is 12.8 Å². The number of carbonyl (C=O) groups excluding carboxylic acids is 1. The van der Waals surface area contributed by atoms with Gasteiger partial charge < -0.3 is 28.9 Å². The Morgan fingerprint density at radius 3 is 2.57 bits per heavy atom. The van der Waals surface area contributed by atoms with Crippen molar-refractivity contribution < 1.29 is 28.3 Å². The van der Waals surface area contributed by atoms with E-state index in [1.807, 2.05) is 18.7 Å². The van der Waals surface area contributed by atoms with Gasteiger partial charge >= 0.3 is 0 Å². The molecule has 3 heterocycles. The maximum absolute atomic E-state index is 15.5. The SMILES string of the molecule is COC1CCN(C(=O)c2noc3c(F)c(N4CC(C)OC(C)C4)c(CO)cc23)CC1. The first kappa shape index (κ1) is 21.0. The fraction of sp³-hybridized carbons (Fsp3) is 0.619. The first-order chi connectivity index (χ1) is 14.4. The molecule has 2 aromatic rings. The molecular formula is C21H28FN3O5. The topological polar surface area (TPSA) is 88.3 Å². The number of aromatic nitrogens is 1. The third kappa shape index (κ3) is 3.77. The summed E-state index contributed by atoms with van der Waals surface area (Å²) in [5, 5.41) is 14.1. The first-order valence-electron chi connectivity index (χ1n) is 10.4. The Morgan fingerprint density at radius 2 is 1.97 bits per heavy atom. The smallest absolute Gasteiger partial charge is 0.276 e. The molecule has 2 fully saturated rings. The Morgan fingerprint density at radius 1 is 1.30 bits per heavy atom. The van der Waals surface area contributed by atoms with E-state index >= 15 is 4.39 Å². The molecule has 9 heteroatoms. The summed E-state index contributed by atoms with van der Waals surface area (Å²) in [4.78, 5) is 16.5. The average Bonchev–Trinajstić information content (AvgIpc) is 3.16. The molecule has 0 saturated carbocycles. The lowest BCUT2D eigenvalue weighted by atomic mass is 10.0. The van der Waals surface area contributed by atoms with Crippen LogP contribution in [0.15, 0.2) is 10.6 Å². The number of hydrogen-bond donors (Lipinski definition) is 1. The number of likely N-dealkylation sites (tertiary alicyclic amines) is 1. The van der Waals surface area contributed by atoms with E-state index in [0.29, 0.717) is 31.7 Å². The van der Waals surface area contributed by atoms with E-state index in [9.17, 15) is 9.90 Å². The summed E-state index contributed by atoms with van der Waals surface area (Å²) >= 11 is 0. The van der Waals surface area contributed by atoms with E-state index in [4.69, 9.17) is 14.0 Å².